The van der Waals surface area contributed by atoms with Crippen LogP contribution in [0.1, 0.15) is 11.5 Å². The third-order valence-electron chi connectivity index (χ3n) is 2.91. The largest absolute Gasteiger partial charge is 0.419 e. The molecule has 0 atom stereocenters. The number of nitrogens with zero attached hydrogens (tertiary/aromatic N) is 3. The summed E-state index contributed by atoms with van der Waals surface area (Å²) in [4.78, 5) is 3.96. The van der Waals surface area contributed by atoms with Gasteiger partial charge in [-0.3, -0.25) is 4.98 Å². The Morgan fingerprint density at radius 3 is 2.48 bits per heavy atom. The maximum atomic E-state index is 12.9. The Hall–Kier alpha value is -2.60. The van der Waals surface area contributed by atoms with Crippen LogP contribution in [0.25, 0.3) is 11.5 Å². The zero-order chi connectivity index (χ0) is 14.5. The summed E-state index contributed by atoms with van der Waals surface area (Å²) in [6, 6.07) is 9.81. The van der Waals surface area contributed by atoms with Crippen LogP contribution in [-0.2, 0) is 13.1 Å². The minimum Gasteiger partial charge on any atom is -0.419 e. The minimum absolute atomic E-state index is 0.294. The van der Waals surface area contributed by atoms with Crippen LogP contribution in [0, 0.1) is 5.82 Å². The summed E-state index contributed by atoms with van der Waals surface area (Å²) in [5.74, 6) is 0.580. The van der Waals surface area contributed by atoms with Crippen molar-refractivity contribution in [1.82, 2.24) is 20.5 Å². The lowest BCUT2D eigenvalue weighted by Gasteiger charge is -2.01. The van der Waals surface area contributed by atoms with E-state index in [1.54, 1.807) is 24.5 Å². The van der Waals surface area contributed by atoms with Crippen molar-refractivity contribution in [2.75, 3.05) is 0 Å². The molecule has 106 valence electrons. The molecular weight excluding hydrogens is 271 g/mol. The van der Waals surface area contributed by atoms with Gasteiger partial charge in [-0.05, 0) is 42.0 Å². The van der Waals surface area contributed by atoms with Crippen molar-refractivity contribution in [3.05, 3.63) is 66.1 Å². The second kappa shape index (κ2) is 6.23. The lowest BCUT2D eigenvalue weighted by atomic mass is 10.2. The summed E-state index contributed by atoms with van der Waals surface area (Å²) in [5.41, 5.74) is 1.83. The van der Waals surface area contributed by atoms with Crippen LogP contribution in [0.3, 0.4) is 0 Å². The van der Waals surface area contributed by atoms with Gasteiger partial charge in [0.05, 0.1) is 6.54 Å². The molecule has 0 aliphatic carbocycles. The van der Waals surface area contributed by atoms with E-state index >= 15 is 0 Å². The molecule has 1 N–H and O–H groups in total. The first-order valence-corrected chi connectivity index (χ1v) is 6.49. The Morgan fingerprint density at radius 1 is 0.952 bits per heavy atom. The predicted molar refractivity (Wildman–Crippen MR) is 74.5 cm³/mol. The van der Waals surface area contributed by atoms with Crippen molar-refractivity contribution in [3.8, 4) is 11.5 Å². The molecule has 0 saturated carbocycles. The number of hydrogen-bond acceptors (Lipinski definition) is 5. The van der Waals surface area contributed by atoms with Crippen LogP contribution < -0.4 is 5.32 Å². The Bertz CT molecular complexity index is 697. The molecule has 0 unspecified atom stereocenters. The second-order valence-corrected chi connectivity index (χ2v) is 4.47. The summed E-state index contributed by atoms with van der Waals surface area (Å²) in [6.07, 6.45) is 3.49. The maximum Gasteiger partial charge on any atom is 0.247 e. The number of hydrogen-bond donors (Lipinski definition) is 1. The van der Waals surface area contributed by atoms with Gasteiger partial charge in [0, 0.05) is 24.5 Å². The monoisotopic (exact) mass is 284 g/mol. The second-order valence-electron chi connectivity index (χ2n) is 4.47. The van der Waals surface area contributed by atoms with Gasteiger partial charge in [-0.25, -0.2) is 4.39 Å². The van der Waals surface area contributed by atoms with E-state index in [0.717, 1.165) is 5.56 Å². The Kier molecular flexibility index (Phi) is 3.97. The molecule has 0 aliphatic heterocycles. The molecule has 21 heavy (non-hydrogen) atoms. The van der Waals surface area contributed by atoms with Crippen LogP contribution in [0.15, 0.2) is 53.2 Å². The topological polar surface area (TPSA) is 63.8 Å². The van der Waals surface area contributed by atoms with E-state index in [9.17, 15) is 4.39 Å². The van der Waals surface area contributed by atoms with Crippen molar-refractivity contribution in [3.63, 3.8) is 0 Å². The highest BCUT2D eigenvalue weighted by Crippen LogP contribution is 2.17. The Labute approximate surface area is 120 Å². The molecule has 3 rings (SSSR count). The third kappa shape index (κ3) is 3.49. The summed E-state index contributed by atoms with van der Waals surface area (Å²) in [6.45, 7) is 1.16. The van der Waals surface area contributed by atoms with Crippen molar-refractivity contribution in [1.29, 1.82) is 0 Å². The Balaban J connectivity index is 1.59. The first-order valence-electron chi connectivity index (χ1n) is 6.49. The Morgan fingerprint density at radius 2 is 1.71 bits per heavy atom. The lowest BCUT2D eigenvalue weighted by Crippen LogP contribution is -2.12. The summed E-state index contributed by atoms with van der Waals surface area (Å²) < 4.78 is 18.4. The van der Waals surface area contributed by atoms with Crippen molar-refractivity contribution < 1.29 is 8.81 Å². The van der Waals surface area contributed by atoms with Gasteiger partial charge in [-0.1, -0.05) is 0 Å². The van der Waals surface area contributed by atoms with Gasteiger partial charge in [-0.2, -0.15) is 0 Å². The molecular formula is C15H13FN4O. The molecule has 0 radical (unpaired) electrons. The predicted octanol–water partition coefficient (Wildman–Crippen LogP) is 2.56. The molecule has 0 aliphatic rings. The lowest BCUT2D eigenvalue weighted by molar-refractivity contribution is 0.477. The fraction of sp³-hybridized carbons (Fsp3) is 0.133. The quantitative estimate of drug-likeness (QED) is 0.780. The van der Waals surface area contributed by atoms with Crippen molar-refractivity contribution in [2.45, 2.75) is 13.1 Å². The van der Waals surface area contributed by atoms with E-state index in [2.05, 4.69) is 20.5 Å². The van der Waals surface area contributed by atoms with E-state index < -0.39 is 0 Å². The maximum absolute atomic E-state index is 12.9. The number of nitrogens with one attached hydrogen (secondary N) is 1. The van der Waals surface area contributed by atoms with Crippen molar-refractivity contribution in [2.24, 2.45) is 0 Å². The average molecular weight is 284 g/mol. The molecule has 2 aromatic heterocycles. The van der Waals surface area contributed by atoms with Crippen LogP contribution >= 0.6 is 0 Å². The zero-order valence-corrected chi connectivity index (χ0v) is 11.2. The summed E-state index contributed by atoms with van der Waals surface area (Å²) in [7, 11) is 0. The average Bonchev–Trinajstić information content (AvgIpc) is 2.98. The van der Waals surface area contributed by atoms with E-state index in [0.29, 0.717) is 30.4 Å². The fourth-order valence-electron chi connectivity index (χ4n) is 1.85. The molecule has 5 nitrogen and oxygen atoms in total. The molecule has 6 heteroatoms. The van der Waals surface area contributed by atoms with E-state index in [-0.39, 0.29) is 5.82 Å². The molecule has 0 bridgehead atoms. The van der Waals surface area contributed by atoms with E-state index in [1.807, 2.05) is 12.1 Å². The molecule has 2 heterocycles. The number of benzene rings is 1. The van der Waals surface area contributed by atoms with Crippen molar-refractivity contribution >= 4 is 0 Å². The van der Waals surface area contributed by atoms with Crippen LogP contribution in [0.4, 0.5) is 4.39 Å². The SMILES string of the molecule is Fc1ccc(-c2nnc(CNCc3ccncc3)o2)cc1. The van der Waals surface area contributed by atoms with Gasteiger partial charge in [0.15, 0.2) is 0 Å². The first kappa shape index (κ1) is 13.4. The highest BCUT2D eigenvalue weighted by Gasteiger charge is 2.08. The number of rotatable bonds is 5. The fourth-order valence-corrected chi connectivity index (χ4v) is 1.85. The minimum atomic E-state index is -0.294. The smallest absolute Gasteiger partial charge is 0.247 e. The molecule has 1 aromatic carbocycles. The van der Waals surface area contributed by atoms with Crippen LogP contribution in [0.5, 0.6) is 0 Å². The van der Waals surface area contributed by atoms with Gasteiger partial charge >= 0.3 is 0 Å². The number of halogens is 1. The number of aromatic nitrogens is 3. The molecule has 0 spiro atoms. The molecule has 0 fully saturated rings. The molecule has 3 aromatic rings. The van der Waals surface area contributed by atoms with Gasteiger partial charge in [0.2, 0.25) is 11.8 Å². The van der Waals surface area contributed by atoms with Gasteiger partial charge < -0.3 is 9.73 Å². The molecule has 0 saturated heterocycles. The highest BCUT2D eigenvalue weighted by atomic mass is 19.1. The van der Waals surface area contributed by atoms with Crippen LogP contribution in [0.2, 0.25) is 0 Å². The van der Waals surface area contributed by atoms with Gasteiger partial charge in [0.25, 0.3) is 0 Å². The number of pyridine rings is 1. The van der Waals surface area contributed by atoms with E-state index in [1.165, 1.54) is 12.1 Å². The van der Waals surface area contributed by atoms with Crippen LogP contribution in [-0.4, -0.2) is 15.2 Å². The zero-order valence-electron chi connectivity index (χ0n) is 11.2. The van der Waals surface area contributed by atoms with E-state index in [4.69, 9.17) is 4.42 Å². The standard InChI is InChI=1S/C15H13FN4O/c16-13-3-1-12(2-4-13)15-20-19-14(21-15)10-18-9-11-5-7-17-8-6-11/h1-8,18H,9-10H2. The summed E-state index contributed by atoms with van der Waals surface area (Å²) >= 11 is 0. The summed E-state index contributed by atoms with van der Waals surface area (Å²) in [5, 5.41) is 11.1. The van der Waals surface area contributed by atoms with Gasteiger partial charge in [-0.15, -0.1) is 10.2 Å². The molecule has 0 amide bonds. The van der Waals surface area contributed by atoms with Gasteiger partial charge in [0.1, 0.15) is 5.82 Å². The normalized spacial score (nSPS) is 10.7. The third-order valence-corrected chi connectivity index (χ3v) is 2.91. The first-order chi connectivity index (χ1) is 10.3. The highest BCUT2D eigenvalue weighted by molar-refractivity contribution is 5.51.